The van der Waals surface area contributed by atoms with E-state index in [1.807, 2.05) is 0 Å². The predicted octanol–water partition coefficient (Wildman–Crippen LogP) is 3.03. The molecule has 0 saturated heterocycles. The number of carbonyl (C=O) groups excluding carboxylic acids is 1. The zero-order valence-electron chi connectivity index (χ0n) is 14.6. The van der Waals surface area contributed by atoms with Crippen molar-refractivity contribution < 1.29 is 9.53 Å². The van der Waals surface area contributed by atoms with Crippen LogP contribution >= 0.6 is 0 Å². The second-order valence-corrected chi connectivity index (χ2v) is 5.87. The summed E-state index contributed by atoms with van der Waals surface area (Å²) in [4.78, 5) is 11.9. The number of ether oxygens (including phenoxy) is 1. The summed E-state index contributed by atoms with van der Waals surface area (Å²) in [5, 5.41) is 14.1. The highest BCUT2D eigenvalue weighted by molar-refractivity contribution is 5.92. The van der Waals surface area contributed by atoms with E-state index in [1.165, 1.54) is 5.56 Å². The Morgan fingerprint density at radius 1 is 1.21 bits per heavy atom. The van der Waals surface area contributed by atoms with Crippen molar-refractivity contribution in [2.45, 2.75) is 26.7 Å². The van der Waals surface area contributed by atoms with Gasteiger partial charge < -0.3 is 15.4 Å². The molecule has 0 aliphatic carbocycles. The number of carbonyl (C=O) groups is 1. The molecule has 1 aromatic heterocycles. The van der Waals surface area contributed by atoms with Crippen LogP contribution in [0, 0.1) is 6.92 Å². The number of aryl methyl sites for hydroxylation is 1. The third kappa shape index (κ3) is 4.52. The van der Waals surface area contributed by atoms with Crippen molar-refractivity contribution in [1.29, 1.82) is 0 Å². The van der Waals surface area contributed by atoms with Crippen molar-refractivity contribution in [2.75, 3.05) is 25.6 Å². The van der Waals surface area contributed by atoms with Gasteiger partial charge in [0.15, 0.2) is 11.5 Å². The number of nitrogens with zero attached hydrogens (tertiary/aromatic N) is 2. The molecule has 0 aliphatic heterocycles. The van der Waals surface area contributed by atoms with Crippen molar-refractivity contribution >= 4 is 17.4 Å². The van der Waals surface area contributed by atoms with Crippen molar-refractivity contribution in [3.05, 3.63) is 47.2 Å². The molecule has 6 heteroatoms. The molecule has 128 valence electrons. The van der Waals surface area contributed by atoms with Crippen LogP contribution in [0.15, 0.2) is 30.3 Å². The molecule has 0 spiro atoms. The molecule has 2 rings (SSSR count). The smallest absolute Gasteiger partial charge is 0.271 e. The van der Waals surface area contributed by atoms with Gasteiger partial charge in [-0.1, -0.05) is 32.0 Å². The highest BCUT2D eigenvalue weighted by Crippen LogP contribution is 2.29. The Morgan fingerprint density at radius 2 is 2.00 bits per heavy atom. The molecule has 2 aromatic rings. The van der Waals surface area contributed by atoms with Crippen LogP contribution in [0.4, 0.5) is 11.5 Å². The van der Waals surface area contributed by atoms with E-state index in [9.17, 15) is 4.79 Å². The molecule has 0 saturated carbocycles. The van der Waals surface area contributed by atoms with E-state index in [0.29, 0.717) is 24.9 Å². The van der Waals surface area contributed by atoms with Crippen LogP contribution < -0.4 is 10.6 Å². The minimum absolute atomic E-state index is 0.259. The fourth-order valence-corrected chi connectivity index (χ4v) is 2.35. The highest BCUT2D eigenvalue weighted by Gasteiger charge is 2.11. The van der Waals surface area contributed by atoms with Crippen LogP contribution in [-0.2, 0) is 4.74 Å². The number of rotatable bonds is 7. The number of hydrogen-bond acceptors (Lipinski definition) is 5. The first-order valence-corrected chi connectivity index (χ1v) is 8.00. The van der Waals surface area contributed by atoms with Gasteiger partial charge in [-0.25, -0.2) is 0 Å². The fraction of sp³-hybridized carbons (Fsp3) is 0.389. The van der Waals surface area contributed by atoms with Gasteiger partial charge in [-0.15, -0.1) is 10.2 Å². The number of benzene rings is 1. The number of amides is 1. The van der Waals surface area contributed by atoms with Crippen LogP contribution in [0.3, 0.4) is 0 Å². The zero-order chi connectivity index (χ0) is 17.5. The summed E-state index contributed by atoms with van der Waals surface area (Å²) < 4.78 is 4.89. The summed E-state index contributed by atoms with van der Waals surface area (Å²) in [6.45, 7) is 7.26. The zero-order valence-corrected chi connectivity index (χ0v) is 14.6. The monoisotopic (exact) mass is 328 g/mol. The lowest BCUT2D eigenvalue weighted by Gasteiger charge is -2.16. The summed E-state index contributed by atoms with van der Waals surface area (Å²) in [6.07, 6.45) is 0. The molecule has 0 aliphatic rings. The van der Waals surface area contributed by atoms with Gasteiger partial charge in [-0.2, -0.15) is 0 Å². The van der Waals surface area contributed by atoms with E-state index < -0.39 is 0 Å². The van der Waals surface area contributed by atoms with Crippen molar-refractivity contribution in [3.8, 4) is 0 Å². The maximum atomic E-state index is 11.9. The molecule has 0 radical (unpaired) electrons. The van der Waals surface area contributed by atoms with Crippen LogP contribution in [0.2, 0.25) is 0 Å². The first-order chi connectivity index (χ1) is 11.5. The molecular weight excluding hydrogens is 304 g/mol. The minimum Gasteiger partial charge on any atom is -0.383 e. The average Bonchev–Trinajstić information content (AvgIpc) is 2.57. The summed E-state index contributed by atoms with van der Waals surface area (Å²) in [7, 11) is 1.59. The summed E-state index contributed by atoms with van der Waals surface area (Å²) >= 11 is 0. The Hall–Kier alpha value is -2.47. The van der Waals surface area contributed by atoms with E-state index >= 15 is 0 Å². The number of anilines is 2. The molecule has 0 unspecified atom stereocenters. The number of nitrogens with one attached hydrogen (secondary N) is 2. The topological polar surface area (TPSA) is 76.1 Å². The normalized spacial score (nSPS) is 10.7. The molecule has 1 heterocycles. The SMILES string of the molecule is COCCNC(=O)c1ccc(Nc2c(C)cccc2C(C)C)nn1. The Labute approximate surface area is 142 Å². The van der Waals surface area contributed by atoms with Gasteiger partial charge in [0, 0.05) is 19.3 Å². The van der Waals surface area contributed by atoms with Crippen LogP contribution in [-0.4, -0.2) is 36.4 Å². The van der Waals surface area contributed by atoms with Crippen molar-refractivity contribution in [1.82, 2.24) is 15.5 Å². The third-order valence-corrected chi connectivity index (χ3v) is 3.67. The molecule has 0 fully saturated rings. The third-order valence-electron chi connectivity index (χ3n) is 3.67. The first kappa shape index (κ1) is 17.9. The van der Waals surface area contributed by atoms with Gasteiger partial charge in [0.1, 0.15) is 0 Å². The van der Waals surface area contributed by atoms with Crippen molar-refractivity contribution in [2.24, 2.45) is 0 Å². The van der Waals surface area contributed by atoms with Gasteiger partial charge in [-0.3, -0.25) is 4.79 Å². The van der Waals surface area contributed by atoms with E-state index in [4.69, 9.17) is 4.74 Å². The lowest BCUT2D eigenvalue weighted by atomic mass is 9.98. The minimum atomic E-state index is -0.259. The van der Waals surface area contributed by atoms with Gasteiger partial charge in [0.2, 0.25) is 0 Å². The molecule has 24 heavy (non-hydrogen) atoms. The van der Waals surface area contributed by atoms with Crippen molar-refractivity contribution in [3.63, 3.8) is 0 Å². The lowest BCUT2D eigenvalue weighted by molar-refractivity contribution is 0.0931. The molecule has 0 atom stereocenters. The molecular formula is C18H24N4O2. The molecule has 6 nitrogen and oxygen atoms in total. The van der Waals surface area contributed by atoms with E-state index in [0.717, 1.165) is 11.3 Å². The van der Waals surface area contributed by atoms with Gasteiger partial charge in [0.05, 0.1) is 6.61 Å². The Kier molecular flexibility index (Phi) is 6.26. The van der Waals surface area contributed by atoms with Gasteiger partial charge in [0.25, 0.3) is 5.91 Å². The maximum absolute atomic E-state index is 11.9. The summed E-state index contributed by atoms with van der Waals surface area (Å²) in [6, 6.07) is 9.62. The quantitative estimate of drug-likeness (QED) is 0.764. The largest absolute Gasteiger partial charge is 0.383 e. The lowest BCUT2D eigenvalue weighted by Crippen LogP contribution is -2.27. The number of hydrogen-bond donors (Lipinski definition) is 2. The van der Waals surface area contributed by atoms with Crippen LogP contribution in [0.5, 0.6) is 0 Å². The molecule has 1 aromatic carbocycles. The van der Waals surface area contributed by atoms with Gasteiger partial charge in [-0.05, 0) is 36.1 Å². The standard InChI is InChI=1S/C18H24N4O2/c1-12(2)14-7-5-6-13(3)17(14)20-16-9-8-15(21-22-16)18(23)19-10-11-24-4/h5-9,12H,10-11H2,1-4H3,(H,19,23)(H,20,22). The van der Waals surface area contributed by atoms with E-state index in [-0.39, 0.29) is 11.6 Å². The highest BCUT2D eigenvalue weighted by atomic mass is 16.5. The average molecular weight is 328 g/mol. The number of para-hydroxylation sites is 1. The molecule has 2 N–H and O–H groups in total. The maximum Gasteiger partial charge on any atom is 0.271 e. The molecule has 0 bridgehead atoms. The number of aromatic nitrogens is 2. The molecule has 1 amide bonds. The Balaban J connectivity index is 2.11. The van der Waals surface area contributed by atoms with Gasteiger partial charge >= 0.3 is 0 Å². The second kappa shape index (κ2) is 8.40. The summed E-state index contributed by atoms with van der Waals surface area (Å²) in [5.74, 6) is 0.746. The number of methoxy groups -OCH3 is 1. The van der Waals surface area contributed by atoms with E-state index in [2.05, 4.69) is 59.8 Å². The van der Waals surface area contributed by atoms with E-state index in [1.54, 1.807) is 19.2 Å². The summed E-state index contributed by atoms with van der Waals surface area (Å²) in [5.41, 5.74) is 3.69. The van der Waals surface area contributed by atoms with Crippen LogP contribution in [0.1, 0.15) is 41.4 Å². The van der Waals surface area contributed by atoms with Crippen LogP contribution in [0.25, 0.3) is 0 Å². The fourth-order valence-electron chi connectivity index (χ4n) is 2.35. The second-order valence-electron chi connectivity index (χ2n) is 5.87. The Bertz CT molecular complexity index is 684. The first-order valence-electron chi connectivity index (χ1n) is 8.00. The Morgan fingerprint density at radius 3 is 2.62 bits per heavy atom. The predicted molar refractivity (Wildman–Crippen MR) is 94.8 cm³/mol.